The minimum Gasteiger partial charge on any atom is -0.390 e. The Bertz CT molecular complexity index is 183. The van der Waals surface area contributed by atoms with E-state index in [0.29, 0.717) is 6.61 Å². The zero-order chi connectivity index (χ0) is 9.40. The SMILES string of the molecule is CCC(=O)OC(=O)C=CCOC. The molecule has 0 aliphatic heterocycles. The highest BCUT2D eigenvalue weighted by molar-refractivity contribution is 5.91. The van der Waals surface area contributed by atoms with Crippen LogP contribution in [0.25, 0.3) is 0 Å². The van der Waals surface area contributed by atoms with Crippen LogP contribution in [0, 0.1) is 0 Å². The molecule has 0 amide bonds. The van der Waals surface area contributed by atoms with Crippen LogP contribution in [0.3, 0.4) is 0 Å². The van der Waals surface area contributed by atoms with E-state index in [2.05, 4.69) is 9.47 Å². The average Bonchev–Trinajstić information content (AvgIpc) is 2.05. The first kappa shape index (κ1) is 10.8. The molecule has 0 aliphatic carbocycles. The Hall–Kier alpha value is -1.16. The number of hydrogen-bond donors (Lipinski definition) is 0. The van der Waals surface area contributed by atoms with Crippen molar-refractivity contribution in [3.8, 4) is 0 Å². The zero-order valence-corrected chi connectivity index (χ0v) is 7.20. The van der Waals surface area contributed by atoms with Gasteiger partial charge in [0, 0.05) is 19.6 Å². The van der Waals surface area contributed by atoms with E-state index in [-0.39, 0.29) is 6.42 Å². The van der Waals surface area contributed by atoms with Gasteiger partial charge in [-0.1, -0.05) is 13.0 Å². The Balaban J connectivity index is 3.66. The molecule has 4 nitrogen and oxygen atoms in total. The van der Waals surface area contributed by atoms with Crippen molar-refractivity contribution in [2.24, 2.45) is 0 Å². The van der Waals surface area contributed by atoms with Crippen LogP contribution < -0.4 is 0 Å². The molecule has 0 aromatic heterocycles. The van der Waals surface area contributed by atoms with Crippen LogP contribution in [-0.2, 0) is 19.1 Å². The summed E-state index contributed by atoms with van der Waals surface area (Å²) in [6.45, 7) is 1.95. The van der Waals surface area contributed by atoms with Crippen LogP contribution in [0.5, 0.6) is 0 Å². The van der Waals surface area contributed by atoms with E-state index in [9.17, 15) is 9.59 Å². The Kier molecular flexibility index (Phi) is 5.91. The molecule has 0 aromatic rings. The fraction of sp³-hybridized carbons (Fsp3) is 0.500. The second kappa shape index (κ2) is 6.54. The van der Waals surface area contributed by atoms with E-state index >= 15 is 0 Å². The number of esters is 2. The number of rotatable bonds is 4. The molecule has 0 unspecified atom stereocenters. The van der Waals surface area contributed by atoms with Gasteiger partial charge in [0.15, 0.2) is 0 Å². The minimum absolute atomic E-state index is 0.198. The third kappa shape index (κ3) is 5.61. The summed E-state index contributed by atoms with van der Waals surface area (Å²) < 4.78 is 8.97. The Morgan fingerprint density at radius 1 is 1.42 bits per heavy atom. The lowest BCUT2D eigenvalue weighted by Crippen LogP contribution is -2.08. The molecule has 0 atom stereocenters. The van der Waals surface area contributed by atoms with E-state index < -0.39 is 11.9 Å². The van der Waals surface area contributed by atoms with Crippen LogP contribution in [0.15, 0.2) is 12.2 Å². The lowest BCUT2D eigenvalue weighted by molar-refractivity contribution is -0.155. The first-order valence-corrected chi connectivity index (χ1v) is 3.60. The molecule has 4 heteroatoms. The average molecular weight is 172 g/mol. The summed E-state index contributed by atoms with van der Waals surface area (Å²) in [7, 11) is 1.51. The molecule has 12 heavy (non-hydrogen) atoms. The van der Waals surface area contributed by atoms with Crippen molar-refractivity contribution in [2.75, 3.05) is 13.7 Å². The number of ether oxygens (including phenoxy) is 2. The van der Waals surface area contributed by atoms with Gasteiger partial charge < -0.3 is 9.47 Å². The summed E-state index contributed by atoms with van der Waals surface area (Å²) in [5.74, 6) is -1.18. The lowest BCUT2D eigenvalue weighted by Gasteiger charge is -1.94. The van der Waals surface area contributed by atoms with Crippen molar-refractivity contribution in [1.82, 2.24) is 0 Å². The van der Waals surface area contributed by atoms with Gasteiger partial charge in [0.25, 0.3) is 0 Å². The molecule has 0 heterocycles. The van der Waals surface area contributed by atoms with Crippen LogP contribution in [-0.4, -0.2) is 25.7 Å². The minimum atomic E-state index is -0.654. The zero-order valence-electron chi connectivity index (χ0n) is 7.20. The van der Waals surface area contributed by atoms with Gasteiger partial charge >= 0.3 is 11.9 Å². The standard InChI is InChI=1S/C8H12O4/c1-3-7(9)12-8(10)5-4-6-11-2/h4-5H,3,6H2,1-2H3. The number of carbonyl (C=O) groups excluding carboxylic acids is 2. The molecule has 0 aromatic carbocycles. The maximum Gasteiger partial charge on any atom is 0.338 e. The molecule has 0 saturated heterocycles. The molecular weight excluding hydrogens is 160 g/mol. The smallest absolute Gasteiger partial charge is 0.338 e. The molecule has 0 N–H and O–H groups in total. The third-order valence-electron chi connectivity index (χ3n) is 1.02. The van der Waals surface area contributed by atoms with E-state index in [1.54, 1.807) is 6.92 Å². The second-order valence-corrected chi connectivity index (χ2v) is 2.00. The van der Waals surface area contributed by atoms with Gasteiger partial charge in [-0.2, -0.15) is 0 Å². The Morgan fingerprint density at radius 2 is 2.08 bits per heavy atom. The van der Waals surface area contributed by atoms with Crippen molar-refractivity contribution in [3.63, 3.8) is 0 Å². The largest absolute Gasteiger partial charge is 0.390 e. The molecule has 0 rings (SSSR count). The number of carbonyl (C=O) groups is 2. The van der Waals surface area contributed by atoms with E-state index in [1.807, 2.05) is 0 Å². The first-order valence-electron chi connectivity index (χ1n) is 3.60. The molecule has 0 saturated carbocycles. The molecule has 0 bridgehead atoms. The maximum atomic E-state index is 10.7. The fourth-order valence-corrected chi connectivity index (χ4v) is 0.459. The highest BCUT2D eigenvalue weighted by atomic mass is 16.6. The topological polar surface area (TPSA) is 52.6 Å². The van der Waals surface area contributed by atoms with Gasteiger partial charge in [0.1, 0.15) is 0 Å². The van der Waals surface area contributed by atoms with Gasteiger partial charge in [0.2, 0.25) is 0 Å². The van der Waals surface area contributed by atoms with Crippen molar-refractivity contribution in [2.45, 2.75) is 13.3 Å². The molecule has 68 valence electrons. The molecule has 0 spiro atoms. The Morgan fingerprint density at radius 3 is 2.58 bits per heavy atom. The van der Waals surface area contributed by atoms with Gasteiger partial charge in [-0.05, 0) is 0 Å². The van der Waals surface area contributed by atoms with Crippen molar-refractivity contribution >= 4 is 11.9 Å². The predicted octanol–water partition coefficient (Wildman–Crippen LogP) is 0.669. The van der Waals surface area contributed by atoms with Gasteiger partial charge in [-0.15, -0.1) is 0 Å². The molecule has 0 radical (unpaired) electrons. The van der Waals surface area contributed by atoms with E-state index in [4.69, 9.17) is 0 Å². The van der Waals surface area contributed by atoms with E-state index in [1.165, 1.54) is 13.2 Å². The highest BCUT2D eigenvalue weighted by Crippen LogP contribution is 1.87. The summed E-state index contributed by atoms with van der Waals surface area (Å²) in [6, 6.07) is 0. The highest BCUT2D eigenvalue weighted by Gasteiger charge is 2.02. The van der Waals surface area contributed by atoms with E-state index in [0.717, 1.165) is 6.08 Å². The summed E-state index contributed by atoms with van der Waals surface area (Å²) in [4.78, 5) is 21.2. The van der Waals surface area contributed by atoms with Crippen LogP contribution in [0.2, 0.25) is 0 Å². The number of methoxy groups -OCH3 is 1. The van der Waals surface area contributed by atoms with Crippen LogP contribution >= 0.6 is 0 Å². The maximum absolute atomic E-state index is 10.7. The molecular formula is C8H12O4. The summed E-state index contributed by atoms with van der Waals surface area (Å²) in [5, 5.41) is 0. The monoisotopic (exact) mass is 172 g/mol. The van der Waals surface area contributed by atoms with Crippen LogP contribution in [0.1, 0.15) is 13.3 Å². The second-order valence-electron chi connectivity index (χ2n) is 2.00. The van der Waals surface area contributed by atoms with Crippen LogP contribution in [0.4, 0.5) is 0 Å². The summed E-state index contributed by atoms with van der Waals surface area (Å²) in [5.41, 5.74) is 0. The van der Waals surface area contributed by atoms with Crippen molar-refractivity contribution < 1.29 is 19.1 Å². The lowest BCUT2D eigenvalue weighted by atomic mass is 10.5. The van der Waals surface area contributed by atoms with Gasteiger partial charge in [-0.3, -0.25) is 4.79 Å². The van der Waals surface area contributed by atoms with Gasteiger partial charge in [0.05, 0.1) is 6.61 Å². The third-order valence-corrected chi connectivity index (χ3v) is 1.02. The van der Waals surface area contributed by atoms with Crippen molar-refractivity contribution in [3.05, 3.63) is 12.2 Å². The van der Waals surface area contributed by atoms with Gasteiger partial charge in [-0.25, -0.2) is 4.79 Å². The summed E-state index contributed by atoms with van der Waals surface area (Å²) in [6.07, 6.45) is 2.84. The molecule has 0 aliphatic rings. The fourth-order valence-electron chi connectivity index (χ4n) is 0.459. The molecule has 0 fully saturated rings. The number of hydrogen-bond acceptors (Lipinski definition) is 4. The summed E-state index contributed by atoms with van der Waals surface area (Å²) >= 11 is 0. The normalized spacial score (nSPS) is 10.2. The Labute approximate surface area is 71.2 Å². The van der Waals surface area contributed by atoms with Crippen molar-refractivity contribution in [1.29, 1.82) is 0 Å². The first-order chi connectivity index (χ1) is 5.70. The predicted molar refractivity (Wildman–Crippen MR) is 42.4 cm³/mol. The quantitative estimate of drug-likeness (QED) is 0.355.